The third-order valence-electron chi connectivity index (χ3n) is 37.9. The molecular formula is C124H253N15. The van der Waals surface area contributed by atoms with E-state index in [2.05, 4.69) is 454 Å². The van der Waals surface area contributed by atoms with Crippen molar-refractivity contribution >= 4 is 0 Å². The van der Waals surface area contributed by atoms with E-state index in [0.29, 0.717) is 121 Å². The van der Waals surface area contributed by atoms with Crippen molar-refractivity contribution in [2.24, 2.45) is 73.4 Å². The average molecular weight is 1950 g/mol. The number of likely N-dealkylation sites (tertiary alicyclic amines) is 13. The molecule has 14 rings (SSSR count). The van der Waals surface area contributed by atoms with Crippen LogP contribution in [0.5, 0.6) is 0 Å². The van der Waals surface area contributed by atoms with Crippen molar-refractivity contribution in [1.82, 2.24) is 73.5 Å². The maximum absolute atomic E-state index is 2.69. The molecule has 139 heavy (non-hydrogen) atoms. The van der Waals surface area contributed by atoms with Crippen molar-refractivity contribution in [2.75, 3.05) is 196 Å². The van der Waals surface area contributed by atoms with E-state index in [-0.39, 0.29) is 0 Å². The van der Waals surface area contributed by atoms with Gasteiger partial charge in [-0.2, -0.15) is 0 Å². The highest BCUT2D eigenvalue weighted by Gasteiger charge is 2.57. The first-order chi connectivity index (χ1) is 61.9. The van der Waals surface area contributed by atoms with Crippen LogP contribution in [0.15, 0.2) is 0 Å². The number of hydrogen-bond acceptors (Lipinski definition) is 15. The second kappa shape index (κ2) is 46.1. The summed E-state index contributed by atoms with van der Waals surface area (Å²) in [5, 5.41) is 0. The zero-order chi connectivity index (χ0) is 107. The monoisotopic (exact) mass is 1950 g/mol. The highest BCUT2D eigenvalue weighted by atomic mass is 15.4. The summed E-state index contributed by atoms with van der Waals surface area (Å²) < 4.78 is 0. The molecule has 0 atom stereocenters. The van der Waals surface area contributed by atoms with Crippen LogP contribution in [0.4, 0.5) is 0 Å². The largest absolute Gasteiger partial charge is 0.298 e. The van der Waals surface area contributed by atoms with E-state index >= 15 is 0 Å². The van der Waals surface area contributed by atoms with Gasteiger partial charge in [0.2, 0.25) is 0 Å². The molecule has 0 aromatic carbocycles. The standard InChI is InChI=1S/2C16H32N2.C15H30N2.C14H28N2.C14H29N.C13H26N2.C13H27N.C12H26N2.C11H23N/c1-14(2,3)17-10-7-16(8-11-17)9-12-18(13-16)15(4,5)6;1-15(2,3)17-9-7-13-8-10-18(16(4,5)6)12-14(13)11-17;1-13(2,3)16-9-7-15(8-10-16)11-17(12-15)14(4,5)6;1-13(2,3)15-7-11-9-16(14(4,5)6)10-12(11)8-15;1-12(2,3)14(7)8-10-15(11-9-14)13(4,5)6;1-11(2,3)14-7-13(8-14)9-15(10-13)12(4,5)6;1-12(2,3)11-7-9-14(10-8-11)13(4,5)6;1-11(2,3)13-7-9-14(10-8-13)12(4,5)6;1-10(2,3)9-7-12(8-9)11(4,5)6/h7-13H2,1-6H3;13-14H,7-12H2,1-6H3;7-12H2,1-6H3;11-12H,7-10H2,1-6H3;8-11H2,1-7H3;7-10H2,1-6H3;11H,7-10H2,1-6H3;7-10H2,1-6H3;9H,7-8H2,1-6H3. The lowest BCUT2D eigenvalue weighted by atomic mass is 9.62. The molecule has 0 aromatic rings. The Balaban J connectivity index is 0.000000240. The Kier molecular flexibility index (Phi) is 42.2. The number of piperazine rings is 1. The molecule has 0 aromatic heterocycles. The second-order valence-corrected chi connectivity index (χ2v) is 67.0. The van der Waals surface area contributed by atoms with Crippen molar-refractivity contribution in [1.29, 1.82) is 0 Å². The van der Waals surface area contributed by atoms with Crippen LogP contribution in [0.3, 0.4) is 0 Å². The molecular weight excluding hydrogens is 1700 g/mol. The fraction of sp³-hybridized carbons (Fsp3) is 1.00. The molecule has 14 aliphatic rings. The minimum atomic E-state index is 0.337. The molecule has 0 aliphatic carbocycles. The van der Waals surface area contributed by atoms with E-state index in [4.69, 9.17) is 0 Å². The van der Waals surface area contributed by atoms with Gasteiger partial charge in [-0.05, 0) is 522 Å². The van der Waals surface area contributed by atoms with E-state index in [0.717, 1.165) is 35.5 Å². The normalized spacial score (nSPS) is 27.0. The van der Waals surface area contributed by atoms with Gasteiger partial charge in [0.1, 0.15) is 0 Å². The predicted octanol–water partition coefficient (Wildman–Crippen LogP) is 26.7. The first kappa shape index (κ1) is 127. The van der Waals surface area contributed by atoms with Gasteiger partial charge < -0.3 is 0 Å². The van der Waals surface area contributed by atoms with Crippen LogP contribution >= 0.6 is 0 Å². The van der Waals surface area contributed by atoms with Crippen molar-refractivity contribution in [2.45, 2.75) is 535 Å². The molecule has 0 bridgehead atoms. The molecule has 0 radical (unpaired) electrons. The Morgan fingerprint density at radius 2 is 0.338 bits per heavy atom. The number of piperidine rings is 6. The quantitative estimate of drug-likeness (QED) is 0.231. The number of rotatable bonds is 0. The highest BCUT2D eigenvalue weighted by molar-refractivity contribution is 5.11. The first-order valence-electron chi connectivity index (χ1n) is 58.2. The minimum absolute atomic E-state index is 0.337. The lowest BCUT2D eigenvalue weighted by Gasteiger charge is -2.66. The number of fused-ring (bicyclic) bond motifs is 2. The maximum atomic E-state index is 2.69. The van der Waals surface area contributed by atoms with Gasteiger partial charge in [-0.1, -0.05) is 69.2 Å². The Bertz CT molecular complexity index is 3340. The minimum Gasteiger partial charge on any atom is -0.298 e. The fourth-order valence-corrected chi connectivity index (χ4v) is 24.6. The van der Waals surface area contributed by atoms with E-state index < -0.39 is 0 Å². The lowest BCUT2D eigenvalue weighted by Crippen LogP contribution is -2.76. The first-order valence-corrected chi connectivity index (χ1v) is 58.2. The molecule has 14 aliphatic heterocycles. The summed E-state index contributed by atoms with van der Waals surface area (Å²) in [6, 6.07) is 0. The van der Waals surface area contributed by atoms with Crippen LogP contribution in [0, 0.1) is 73.4 Å². The summed E-state index contributed by atoms with van der Waals surface area (Å²) in [5.74, 6) is 5.53. The van der Waals surface area contributed by atoms with Gasteiger partial charge in [0.05, 0.1) is 0 Å². The van der Waals surface area contributed by atoms with Crippen molar-refractivity contribution in [3.63, 3.8) is 0 Å². The third kappa shape index (κ3) is 38.0. The van der Waals surface area contributed by atoms with Crippen molar-refractivity contribution in [3.8, 4) is 0 Å². The van der Waals surface area contributed by atoms with E-state index in [1.54, 1.807) is 0 Å². The van der Waals surface area contributed by atoms with E-state index in [9.17, 15) is 0 Å². The van der Waals surface area contributed by atoms with Crippen LogP contribution < -0.4 is 0 Å². The smallest absolute Gasteiger partial charge is 0.0213 e. The summed E-state index contributed by atoms with van der Waals surface area (Å²) in [6.07, 6.45) is 15.3. The number of hydrogen-bond donors (Lipinski definition) is 0. The molecule has 14 saturated heterocycles. The summed E-state index contributed by atoms with van der Waals surface area (Å²) in [6.45, 7) is 167. The highest BCUT2D eigenvalue weighted by Crippen LogP contribution is 2.51. The number of nitrogens with zero attached hydrogens (tertiary/aromatic N) is 15. The summed E-state index contributed by atoms with van der Waals surface area (Å²) in [4.78, 5) is 39.5. The molecule has 0 N–H and O–H groups in total. The molecule has 14 fully saturated rings. The van der Waals surface area contributed by atoms with Gasteiger partial charge in [0, 0.05) is 213 Å². The molecule has 15 nitrogen and oxygen atoms in total. The zero-order valence-corrected chi connectivity index (χ0v) is 105. The van der Waals surface area contributed by atoms with Crippen molar-refractivity contribution in [3.05, 3.63) is 0 Å². The predicted molar refractivity (Wildman–Crippen MR) is 615 cm³/mol. The van der Waals surface area contributed by atoms with Gasteiger partial charge in [0.15, 0.2) is 0 Å². The molecule has 824 valence electrons. The third-order valence-corrected chi connectivity index (χ3v) is 37.9. The molecule has 14 heterocycles. The van der Waals surface area contributed by atoms with Gasteiger partial charge in [-0.25, -0.2) is 0 Å². The SMILES string of the molecule is CC(C)(C)C1CCN(C(C)(C)C)CC1.CC(C)(C)C1CN(C(C)(C)C)C1.CC(C)(C)N1CC2(C1)CN(C(C)(C)C)C2.CC(C)(C)N1CC2CN(C(C)(C)C)CC2C1.CC(C)(C)N1CCC(C)(C(C)(C)C)CC1.CC(C)(C)N1CCC2(CC1)CCN(C(C)(C)C)C2.CC(C)(C)N1CCC2(CC1)CN(C(C)(C)C)C2.CC(C)(C)N1CCC2CCN(C(C)(C)C)CC2C1.CC(C)(C)N1CCN(C(C)(C)C)CC1. The summed E-state index contributed by atoms with van der Waals surface area (Å²) in [5.41, 5.74) is 9.24. The van der Waals surface area contributed by atoms with Gasteiger partial charge >= 0.3 is 0 Å². The topological polar surface area (TPSA) is 48.6 Å². The molecule has 0 amide bonds. The zero-order valence-electron chi connectivity index (χ0n) is 105. The van der Waals surface area contributed by atoms with Gasteiger partial charge in [0.25, 0.3) is 0 Å². The van der Waals surface area contributed by atoms with Crippen LogP contribution in [0.25, 0.3) is 0 Å². The summed E-state index contributed by atoms with van der Waals surface area (Å²) >= 11 is 0. The Morgan fingerprint density at radius 3 is 0.576 bits per heavy atom. The molecule has 0 saturated carbocycles. The lowest BCUT2D eigenvalue weighted by molar-refractivity contribution is -0.167. The van der Waals surface area contributed by atoms with E-state index in [1.165, 1.54) is 267 Å². The van der Waals surface area contributed by atoms with Crippen molar-refractivity contribution < 1.29 is 0 Å². The maximum Gasteiger partial charge on any atom is 0.0213 e. The fourth-order valence-electron chi connectivity index (χ4n) is 24.6. The van der Waals surface area contributed by atoms with Crippen LogP contribution in [0.1, 0.15) is 451 Å². The summed E-state index contributed by atoms with van der Waals surface area (Å²) in [7, 11) is 0. The molecule has 0 unspecified atom stereocenters. The Morgan fingerprint density at radius 1 is 0.151 bits per heavy atom. The van der Waals surface area contributed by atoms with Crippen LogP contribution in [-0.4, -0.2) is 353 Å². The Labute approximate surface area is 872 Å². The van der Waals surface area contributed by atoms with Crippen LogP contribution in [0.2, 0.25) is 0 Å². The van der Waals surface area contributed by atoms with E-state index in [1.807, 2.05) is 0 Å². The average Bonchev–Trinajstić information content (AvgIpc) is 1.64. The Hall–Kier alpha value is -0.600. The van der Waals surface area contributed by atoms with Gasteiger partial charge in [-0.15, -0.1) is 0 Å². The molecule has 15 heteroatoms. The van der Waals surface area contributed by atoms with Crippen LogP contribution in [-0.2, 0) is 0 Å². The van der Waals surface area contributed by atoms with Gasteiger partial charge in [-0.3, -0.25) is 73.5 Å². The second-order valence-electron chi connectivity index (χ2n) is 67.0. The molecule has 3 spiro atoms.